The van der Waals surface area contributed by atoms with Crippen LogP contribution in [0.4, 0.5) is 5.69 Å². The third-order valence-corrected chi connectivity index (χ3v) is 12.9. The van der Waals surface area contributed by atoms with Crippen LogP contribution in [-0.4, -0.2) is 88.1 Å². The first-order valence-electron chi connectivity index (χ1n) is 19.4. The molecule has 0 aromatic heterocycles. The Bertz CT molecular complexity index is 2150. The number of fused-ring (bicyclic) bond motifs is 2. The Morgan fingerprint density at radius 2 is 1.68 bits per heavy atom. The van der Waals surface area contributed by atoms with Crippen molar-refractivity contribution in [2.24, 2.45) is 0 Å². The minimum absolute atomic E-state index is 0.0869. The van der Waals surface area contributed by atoms with Crippen LogP contribution in [0, 0.1) is 10.1 Å². The van der Waals surface area contributed by atoms with Crippen LogP contribution in [-0.2, 0) is 57.2 Å². The van der Waals surface area contributed by atoms with Crippen LogP contribution in [0.1, 0.15) is 63.5 Å². The summed E-state index contributed by atoms with van der Waals surface area (Å²) in [4.78, 5) is 49.6. The molecule has 4 atom stereocenters. The van der Waals surface area contributed by atoms with Crippen molar-refractivity contribution in [2.75, 3.05) is 31.2 Å². The Labute approximate surface area is 356 Å². The van der Waals surface area contributed by atoms with Crippen molar-refractivity contribution in [3.8, 4) is 17.2 Å². The number of hydrogen-bond acceptors (Lipinski definition) is 14. The predicted molar refractivity (Wildman–Crippen MR) is 225 cm³/mol. The maximum Gasteiger partial charge on any atom is 0.359 e. The van der Waals surface area contributed by atoms with E-state index in [-0.39, 0.29) is 35.7 Å². The van der Waals surface area contributed by atoms with E-state index in [1.807, 2.05) is 18.2 Å². The molecule has 0 bridgehead atoms. The molecule has 1 fully saturated rings. The number of β-lactam (4-membered cyclic amide) rings is 1. The summed E-state index contributed by atoms with van der Waals surface area (Å²) in [5, 5.41) is 12.9. The number of nitro groups is 1. The molecule has 0 spiro atoms. The second-order valence-electron chi connectivity index (χ2n) is 14.2. The van der Waals surface area contributed by atoms with E-state index in [0.717, 1.165) is 53.0 Å². The van der Waals surface area contributed by atoms with Crippen molar-refractivity contribution in [1.29, 1.82) is 0 Å². The van der Waals surface area contributed by atoms with E-state index >= 15 is 0 Å². The highest BCUT2D eigenvalue weighted by Crippen LogP contribution is 2.41. The molecule has 0 saturated carbocycles. The number of esters is 1. The number of nitrogens with zero attached hydrogens (tertiary/aromatic N) is 2. The summed E-state index contributed by atoms with van der Waals surface area (Å²) < 4.78 is 62.2. The number of nitrogens with one attached hydrogen (secondary N) is 1. The Morgan fingerprint density at radius 3 is 2.38 bits per heavy atom. The Hall–Kier alpha value is -5.14. The number of amides is 2. The standard InChI is InChI=1S/C23H21N3O10S2.C18H28O3S/c1-38(32,33)36-17-13-37-22-19(24-18(27)12-34-16-5-3-2-4-6-16)21(28)25(22)20(17)23(29)35-11-14-7-9-15(10-8-14)26(30)31;1-3-4-5-6-7-8-11-22(19)15(2)12-16-9-10-17-18(13-16)21-14-20-17/h2-10,19,22H,11-13H2,1H3,(H,24,27);9-10,13,15H,3-8,11-12,14H2,1-2H3/t19?,22-;/m1./s1. The van der Waals surface area contributed by atoms with E-state index in [1.165, 1.54) is 61.9 Å². The zero-order valence-corrected chi connectivity index (χ0v) is 36.0. The first-order chi connectivity index (χ1) is 28.7. The van der Waals surface area contributed by atoms with Gasteiger partial charge in [0.15, 0.2) is 29.6 Å². The lowest BCUT2D eigenvalue weighted by Crippen LogP contribution is -2.71. The Balaban J connectivity index is 0.000000263. The van der Waals surface area contributed by atoms with Gasteiger partial charge in [-0.2, -0.15) is 8.42 Å². The minimum Gasteiger partial charge on any atom is -0.484 e. The second-order valence-corrected chi connectivity index (χ2v) is 18.8. The van der Waals surface area contributed by atoms with Crippen molar-refractivity contribution in [1.82, 2.24) is 10.2 Å². The molecule has 3 aliphatic heterocycles. The SMILES string of the molecule is CCCCCCCCS(=O)C(C)Cc1ccc2c(c1)OCO2.CS(=O)(=O)OC1=C(C(=O)OCc2ccc([N+](=O)[O-])cc2)N2C(=O)C(NC(=O)COc3ccccc3)[C@H]2SC1. The van der Waals surface area contributed by atoms with E-state index in [0.29, 0.717) is 18.1 Å². The van der Waals surface area contributed by atoms with Gasteiger partial charge < -0.3 is 28.4 Å². The van der Waals surface area contributed by atoms with Gasteiger partial charge in [0.2, 0.25) is 6.79 Å². The molecule has 324 valence electrons. The number of nitro benzene ring substituents is 1. The molecular weight excluding hydrogens is 839 g/mol. The van der Waals surface area contributed by atoms with Crippen LogP contribution in [0.5, 0.6) is 17.2 Å². The third kappa shape index (κ3) is 13.2. The topological polar surface area (TPSA) is 207 Å². The molecule has 19 heteroatoms. The molecule has 2 amide bonds. The average Bonchev–Trinajstić information content (AvgIpc) is 3.70. The van der Waals surface area contributed by atoms with E-state index in [2.05, 4.69) is 19.2 Å². The number of unbranched alkanes of at least 4 members (excludes halogenated alkanes) is 5. The number of benzene rings is 3. The number of hydrogen-bond donors (Lipinski definition) is 1. The van der Waals surface area contributed by atoms with E-state index in [1.54, 1.807) is 30.3 Å². The Morgan fingerprint density at radius 1 is 1.00 bits per heavy atom. The summed E-state index contributed by atoms with van der Waals surface area (Å²) in [5.41, 5.74) is 1.06. The van der Waals surface area contributed by atoms with Crippen LogP contribution < -0.4 is 19.5 Å². The molecule has 1 N–H and O–H groups in total. The number of carbonyl (C=O) groups is 3. The van der Waals surface area contributed by atoms with Gasteiger partial charge in [-0.25, -0.2) is 4.79 Å². The normalized spacial score (nSPS) is 17.6. The molecule has 1 saturated heterocycles. The van der Waals surface area contributed by atoms with Gasteiger partial charge in [-0.05, 0) is 60.4 Å². The summed E-state index contributed by atoms with van der Waals surface area (Å²) in [5.74, 6) is 0.305. The highest BCUT2D eigenvalue weighted by atomic mass is 32.2. The van der Waals surface area contributed by atoms with Crippen molar-refractivity contribution < 1.29 is 55.1 Å². The van der Waals surface area contributed by atoms with Gasteiger partial charge in [-0.15, -0.1) is 11.8 Å². The predicted octanol–water partition coefficient (Wildman–Crippen LogP) is 5.76. The van der Waals surface area contributed by atoms with Crippen molar-refractivity contribution >= 4 is 56.2 Å². The molecule has 0 aliphatic carbocycles. The Kier molecular flexibility index (Phi) is 16.8. The molecule has 16 nitrogen and oxygen atoms in total. The van der Waals surface area contributed by atoms with Gasteiger partial charge in [0.05, 0.1) is 16.9 Å². The van der Waals surface area contributed by atoms with Crippen LogP contribution in [0.25, 0.3) is 0 Å². The van der Waals surface area contributed by atoms with E-state index < -0.39 is 60.7 Å². The highest BCUT2D eigenvalue weighted by molar-refractivity contribution is 8.00. The van der Waals surface area contributed by atoms with Crippen molar-refractivity contribution in [3.63, 3.8) is 0 Å². The summed E-state index contributed by atoms with van der Waals surface area (Å²) in [6, 6.07) is 18.9. The molecule has 0 radical (unpaired) electrons. The van der Waals surface area contributed by atoms with Crippen LogP contribution >= 0.6 is 11.8 Å². The largest absolute Gasteiger partial charge is 0.484 e. The monoisotopic (exact) mass is 887 g/mol. The van der Waals surface area contributed by atoms with Gasteiger partial charge in [0.1, 0.15) is 23.8 Å². The minimum atomic E-state index is -4.04. The first kappa shape index (κ1) is 45.9. The number of para-hydroxylation sites is 1. The van der Waals surface area contributed by atoms with Gasteiger partial charge in [-0.3, -0.25) is 28.8 Å². The fourth-order valence-corrected chi connectivity index (χ4v) is 9.46. The fourth-order valence-electron chi connectivity index (χ4n) is 6.36. The first-order valence-corrected chi connectivity index (χ1v) is 23.7. The average molecular weight is 888 g/mol. The fraction of sp³-hybridized carbons (Fsp3) is 0.439. The lowest BCUT2D eigenvalue weighted by atomic mass is 10.0. The van der Waals surface area contributed by atoms with Crippen LogP contribution in [0.2, 0.25) is 0 Å². The summed E-state index contributed by atoms with van der Waals surface area (Å²) in [6.45, 7) is 3.97. The highest BCUT2D eigenvalue weighted by Gasteiger charge is 2.55. The zero-order valence-electron chi connectivity index (χ0n) is 33.6. The maximum atomic E-state index is 13.0. The van der Waals surface area contributed by atoms with E-state index in [9.17, 15) is 37.1 Å². The third-order valence-electron chi connectivity index (χ3n) is 9.43. The quantitative estimate of drug-likeness (QED) is 0.0358. The molecule has 6 rings (SSSR count). The molecule has 3 aromatic carbocycles. The zero-order chi connectivity index (χ0) is 43.2. The summed E-state index contributed by atoms with van der Waals surface area (Å²) in [6.07, 6.45) is 9.12. The smallest absolute Gasteiger partial charge is 0.359 e. The molecule has 3 aliphatic rings. The van der Waals surface area contributed by atoms with Crippen molar-refractivity contribution in [3.05, 3.63) is 105 Å². The lowest BCUT2D eigenvalue weighted by molar-refractivity contribution is -0.384. The number of carbonyl (C=O) groups excluding carboxylic acids is 3. The second kappa shape index (κ2) is 21.9. The van der Waals surface area contributed by atoms with Crippen molar-refractivity contribution in [2.45, 2.75) is 82.1 Å². The summed E-state index contributed by atoms with van der Waals surface area (Å²) in [7, 11) is -4.78. The van der Waals surface area contributed by atoms with Gasteiger partial charge in [0.25, 0.3) is 17.5 Å². The molecular formula is C41H49N3O13S3. The maximum absolute atomic E-state index is 13.0. The van der Waals surface area contributed by atoms with Gasteiger partial charge >= 0.3 is 16.1 Å². The number of thioether (sulfide) groups is 1. The lowest BCUT2D eigenvalue weighted by Gasteiger charge is -2.49. The van der Waals surface area contributed by atoms with Gasteiger partial charge in [-0.1, -0.05) is 70.2 Å². The molecule has 3 aromatic rings. The molecule has 3 unspecified atom stereocenters. The number of rotatable bonds is 20. The van der Waals surface area contributed by atoms with Crippen LogP contribution in [0.15, 0.2) is 84.3 Å². The summed E-state index contributed by atoms with van der Waals surface area (Å²) >= 11 is 1.10. The molecule has 60 heavy (non-hydrogen) atoms. The number of ether oxygens (including phenoxy) is 4. The van der Waals surface area contributed by atoms with Gasteiger partial charge in [0, 0.05) is 33.9 Å². The van der Waals surface area contributed by atoms with E-state index in [4.69, 9.17) is 23.1 Å². The van der Waals surface area contributed by atoms with Crippen LogP contribution in [0.3, 0.4) is 0 Å². The molecule has 3 heterocycles. The number of non-ortho nitro benzene ring substituents is 1.